The molecule has 1 fully saturated rings. The molecule has 0 radical (unpaired) electrons. The summed E-state index contributed by atoms with van der Waals surface area (Å²) in [6.07, 6.45) is 8.63. The first-order valence-corrected chi connectivity index (χ1v) is 5.41. The summed E-state index contributed by atoms with van der Waals surface area (Å²) < 4.78 is 0. The van der Waals surface area contributed by atoms with Crippen LogP contribution in [-0.2, 0) is 13.0 Å². The molecule has 1 heterocycles. The molecule has 14 heavy (non-hydrogen) atoms. The molecule has 76 valence electrons. The van der Waals surface area contributed by atoms with Crippen molar-refractivity contribution in [3.05, 3.63) is 23.8 Å². The van der Waals surface area contributed by atoms with Gasteiger partial charge in [0, 0.05) is 37.0 Å². The molecule has 0 unspecified atom stereocenters. The Bertz CT molecular complexity index is 277. The van der Waals surface area contributed by atoms with E-state index in [0.29, 0.717) is 0 Å². The average Bonchev–Trinajstić information content (AvgIpc) is 3.01. The fourth-order valence-corrected chi connectivity index (χ4v) is 1.38. The van der Waals surface area contributed by atoms with Crippen molar-refractivity contribution in [1.29, 1.82) is 0 Å². The topological polar surface area (TPSA) is 37.8 Å². The van der Waals surface area contributed by atoms with E-state index in [1.165, 1.54) is 18.4 Å². The van der Waals surface area contributed by atoms with Crippen LogP contribution in [0.2, 0.25) is 0 Å². The van der Waals surface area contributed by atoms with Gasteiger partial charge in [-0.3, -0.25) is 0 Å². The second kappa shape index (κ2) is 4.51. The molecular formula is C11H17N3. The van der Waals surface area contributed by atoms with E-state index in [2.05, 4.69) is 22.2 Å². The number of hydrogen-bond donors (Lipinski definition) is 1. The van der Waals surface area contributed by atoms with Crippen molar-refractivity contribution in [1.82, 2.24) is 15.3 Å². The van der Waals surface area contributed by atoms with Crippen LogP contribution >= 0.6 is 0 Å². The summed E-state index contributed by atoms with van der Waals surface area (Å²) in [5.41, 5.74) is 1.19. The first kappa shape index (κ1) is 9.59. The number of nitrogens with zero attached hydrogens (tertiary/aromatic N) is 2. The molecule has 1 aromatic rings. The maximum absolute atomic E-state index is 4.32. The van der Waals surface area contributed by atoms with Gasteiger partial charge in [0.2, 0.25) is 0 Å². The molecule has 3 nitrogen and oxygen atoms in total. The van der Waals surface area contributed by atoms with Gasteiger partial charge in [-0.25, -0.2) is 9.97 Å². The highest BCUT2D eigenvalue weighted by Crippen LogP contribution is 2.18. The lowest BCUT2D eigenvalue weighted by Crippen LogP contribution is -2.15. The monoisotopic (exact) mass is 191 g/mol. The zero-order chi connectivity index (χ0) is 9.80. The second-order valence-corrected chi connectivity index (χ2v) is 3.91. The van der Waals surface area contributed by atoms with Crippen molar-refractivity contribution in [3.8, 4) is 0 Å². The van der Waals surface area contributed by atoms with Gasteiger partial charge in [-0.1, -0.05) is 6.92 Å². The van der Waals surface area contributed by atoms with Crippen LogP contribution in [0, 0.1) is 0 Å². The summed E-state index contributed by atoms with van der Waals surface area (Å²) in [4.78, 5) is 8.63. The van der Waals surface area contributed by atoms with Gasteiger partial charge in [-0.2, -0.15) is 0 Å². The number of aryl methyl sites for hydroxylation is 1. The fraction of sp³-hybridized carbons (Fsp3) is 0.636. The zero-order valence-electron chi connectivity index (χ0n) is 8.66. The summed E-state index contributed by atoms with van der Waals surface area (Å²) in [5, 5.41) is 3.44. The van der Waals surface area contributed by atoms with Gasteiger partial charge < -0.3 is 5.32 Å². The maximum Gasteiger partial charge on any atom is 0.128 e. The molecule has 0 amide bonds. The standard InChI is InChI=1S/C11H17N3/c1-2-3-11-13-7-9(8-14-11)6-12-10-4-5-10/h7-8,10,12H,2-6H2,1H3. The molecular weight excluding hydrogens is 174 g/mol. The van der Waals surface area contributed by atoms with Crippen LogP contribution in [0.4, 0.5) is 0 Å². The Kier molecular flexibility index (Phi) is 3.09. The van der Waals surface area contributed by atoms with E-state index in [1.807, 2.05) is 12.4 Å². The van der Waals surface area contributed by atoms with Crippen molar-refractivity contribution in [3.63, 3.8) is 0 Å². The highest BCUT2D eigenvalue weighted by atomic mass is 15.0. The molecule has 3 heteroatoms. The van der Waals surface area contributed by atoms with Crippen LogP contribution in [0.25, 0.3) is 0 Å². The van der Waals surface area contributed by atoms with Crippen molar-refractivity contribution in [2.45, 2.75) is 45.2 Å². The Hall–Kier alpha value is -0.960. The molecule has 2 rings (SSSR count). The minimum Gasteiger partial charge on any atom is -0.310 e. The third-order valence-electron chi connectivity index (χ3n) is 2.40. The summed E-state index contributed by atoms with van der Waals surface area (Å²) >= 11 is 0. The Balaban J connectivity index is 1.84. The smallest absolute Gasteiger partial charge is 0.128 e. The third-order valence-corrected chi connectivity index (χ3v) is 2.40. The quantitative estimate of drug-likeness (QED) is 0.769. The average molecular weight is 191 g/mol. The van der Waals surface area contributed by atoms with Crippen molar-refractivity contribution < 1.29 is 0 Å². The predicted octanol–water partition coefficient (Wildman–Crippen LogP) is 1.68. The van der Waals surface area contributed by atoms with E-state index in [-0.39, 0.29) is 0 Å². The Morgan fingerprint density at radius 3 is 2.64 bits per heavy atom. The lowest BCUT2D eigenvalue weighted by molar-refractivity contribution is 0.680. The van der Waals surface area contributed by atoms with Gasteiger partial charge in [0.25, 0.3) is 0 Å². The number of rotatable bonds is 5. The van der Waals surface area contributed by atoms with Gasteiger partial charge in [0.15, 0.2) is 0 Å². The zero-order valence-corrected chi connectivity index (χ0v) is 8.66. The predicted molar refractivity (Wildman–Crippen MR) is 55.9 cm³/mol. The molecule has 0 spiro atoms. The summed E-state index contributed by atoms with van der Waals surface area (Å²) in [6, 6.07) is 0.755. The van der Waals surface area contributed by atoms with Gasteiger partial charge in [0.1, 0.15) is 5.82 Å². The normalized spacial score (nSPS) is 15.8. The van der Waals surface area contributed by atoms with Crippen LogP contribution in [0.3, 0.4) is 0 Å². The molecule has 0 saturated heterocycles. The van der Waals surface area contributed by atoms with Crippen LogP contribution in [0.15, 0.2) is 12.4 Å². The van der Waals surface area contributed by atoms with E-state index >= 15 is 0 Å². The Labute approximate surface area is 85.0 Å². The number of nitrogens with one attached hydrogen (secondary N) is 1. The summed E-state index contributed by atoms with van der Waals surface area (Å²) in [5.74, 6) is 0.961. The fourth-order valence-electron chi connectivity index (χ4n) is 1.38. The van der Waals surface area contributed by atoms with Crippen LogP contribution in [0.1, 0.15) is 37.6 Å². The number of hydrogen-bond acceptors (Lipinski definition) is 3. The molecule has 0 atom stereocenters. The van der Waals surface area contributed by atoms with E-state index < -0.39 is 0 Å². The molecule has 1 aliphatic carbocycles. The van der Waals surface area contributed by atoms with Gasteiger partial charge in [0.05, 0.1) is 0 Å². The summed E-state index contributed by atoms with van der Waals surface area (Å²) in [7, 11) is 0. The van der Waals surface area contributed by atoms with Crippen molar-refractivity contribution >= 4 is 0 Å². The van der Waals surface area contributed by atoms with Crippen molar-refractivity contribution in [2.75, 3.05) is 0 Å². The molecule has 1 saturated carbocycles. The SMILES string of the molecule is CCCc1ncc(CNC2CC2)cn1. The Morgan fingerprint density at radius 1 is 1.36 bits per heavy atom. The van der Waals surface area contributed by atoms with E-state index in [0.717, 1.165) is 31.3 Å². The largest absolute Gasteiger partial charge is 0.310 e. The van der Waals surface area contributed by atoms with Crippen LogP contribution in [-0.4, -0.2) is 16.0 Å². The van der Waals surface area contributed by atoms with Gasteiger partial charge in [-0.15, -0.1) is 0 Å². The first-order valence-electron chi connectivity index (χ1n) is 5.41. The Morgan fingerprint density at radius 2 is 2.07 bits per heavy atom. The minimum absolute atomic E-state index is 0.755. The molecule has 1 aliphatic rings. The lowest BCUT2D eigenvalue weighted by Gasteiger charge is -2.02. The first-order chi connectivity index (χ1) is 6.88. The van der Waals surface area contributed by atoms with Crippen LogP contribution in [0.5, 0.6) is 0 Å². The van der Waals surface area contributed by atoms with E-state index in [1.54, 1.807) is 0 Å². The molecule has 0 aliphatic heterocycles. The molecule has 1 N–H and O–H groups in total. The number of aromatic nitrogens is 2. The highest BCUT2D eigenvalue weighted by Gasteiger charge is 2.19. The summed E-state index contributed by atoms with van der Waals surface area (Å²) in [6.45, 7) is 3.06. The highest BCUT2D eigenvalue weighted by molar-refractivity contribution is 5.05. The minimum atomic E-state index is 0.755. The van der Waals surface area contributed by atoms with Crippen molar-refractivity contribution in [2.24, 2.45) is 0 Å². The van der Waals surface area contributed by atoms with Crippen LogP contribution < -0.4 is 5.32 Å². The van der Waals surface area contributed by atoms with Gasteiger partial charge >= 0.3 is 0 Å². The molecule has 1 aromatic heterocycles. The third kappa shape index (κ3) is 2.77. The van der Waals surface area contributed by atoms with Gasteiger partial charge in [-0.05, 0) is 19.3 Å². The molecule has 0 aromatic carbocycles. The maximum atomic E-state index is 4.32. The lowest BCUT2D eigenvalue weighted by atomic mass is 10.3. The van der Waals surface area contributed by atoms with E-state index in [9.17, 15) is 0 Å². The van der Waals surface area contributed by atoms with E-state index in [4.69, 9.17) is 0 Å². The molecule has 0 bridgehead atoms. The second-order valence-electron chi connectivity index (χ2n) is 3.91.